The summed E-state index contributed by atoms with van der Waals surface area (Å²) in [5, 5.41) is 3.65. The van der Waals surface area contributed by atoms with Crippen LogP contribution < -0.4 is 19.7 Å². The molecule has 7 rings (SSSR count). The monoisotopic (exact) mass is 738 g/mol. The summed E-state index contributed by atoms with van der Waals surface area (Å²) in [7, 11) is -0.0785. The number of carbonyl (C=O) groups excluding carboxylic acids is 2. The minimum atomic E-state index is -3.49. The van der Waals surface area contributed by atoms with Gasteiger partial charge in [0.15, 0.2) is 0 Å². The largest absolute Gasteiger partial charge is 0.490 e. The van der Waals surface area contributed by atoms with Crippen molar-refractivity contribution in [3.05, 3.63) is 70.3 Å². The van der Waals surface area contributed by atoms with E-state index in [1.54, 1.807) is 20.3 Å². The van der Waals surface area contributed by atoms with Crippen LogP contribution in [0.4, 0.5) is 10.5 Å². The number of halogens is 1. The standard InChI is InChI=1S/C39H51ClN4O6S/c1-24-7-5-9-35(49-4)30-13-10-28(30)20-44-22-39(16-6-8-26-17-29(40)12-14-32(26)39)23-50-36-15-11-27(18-34(36)44)37(45)42-51(47,21-24)43-38(46)41-33-19-31(33)25(2)48-3/h5,9,11-12,14-15,17-18,24-25,28,30-31,33,35H,6-8,10,13,16,19-23H2,1-4H3,(H2,41,42,43,45,46,47)/b9-5+/t24-,25?,28-,30+,31?,33+,35-,39-,51-/m0/s1. The summed E-state index contributed by atoms with van der Waals surface area (Å²) < 4.78 is 39.5. The van der Waals surface area contributed by atoms with Gasteiger partial charge in [0.05, 0.1) is 30.3 Å². The third-order valence-corrected chi connectivity index (χ3v) is 14.1. The third-order valence-electron chi connectivity index (χ3n) is 11.9. The third kappa shape index (κ3) is 7.68. The van der Waals surface area contributed by atoms with Gasteiger partial charge in [-0.25, -0.2) is 9.00 Å². The van der Waals surface area contributed by atoms with Gasteiger partial charge in [-0.15, -0.1) is 4.36 Å². The molecule has 2 saturated carbocycles. The van der Waals surface area contributed by atoms with Gasteiger partial charge in [0.2, 0.25) is 0 Å². The highest BCUT2D eigenvalue weighted by atomic mass is 35.5. The van der Waals surface area contributed by atoms with Crippen molar-refractivity contribution >= 4 is 39.1 Å². The van der Waals surface area contributed by atoms with Crippen LogP contribution in [0.3, 0.4) is 0 Å². The van der Waals surface area contributed by atoms with Crippen LogP contribution >= 0.6 is 11.6 Å². The van der Waals surface area contributed by atoms with E-state index in [-0.39, 0.29) is 41.3 Å². The van der Waals surface area contributed by atoms with E-state index in [1.807, 2.05) is 32.0 Å². The second-order valence-corrected chi connectivity index (χ2v) is 17.9. The normalized spacial score (nSPS) is 34.4. The molecule has 12 heteroatoms. The quantitative estimate of drug-likeness (QED) is 0.328. The summed E-state index contributed by atoms with van der Waals surface area (Å²) in [6.07, 6.45) is 10.7. The summed E-state index contributed by atoms with van der Waals surface area (Å²) >= 11 is 6.46. The van der Waals surface area contributed by atoms with E-state index in [1.165, 1.54) is 11.1 Å². The lowest BCUT2D eigenvalue weighted by Crippen LogP contribution is -2.49. The van der Waals surface area contributed by atoms with Crippen molar-refractivity contribution in [2.75, 3.05) is 44.6 Å². The Balaban J connectivity index is 1.25. The van der Waals surface area contributed by atoms with E-state index < -0.39 is 21.9 Å². The van der Waals surface area contributed by atoms with Crippen molar-refractivity contribution in [3.8, 4) is 5.75 Å². The molecule has 2 heterocycles. The van der Waals surface area contributed by atoms with Gasteiger partial charge in [0, 0.05) is 55.3 Å². The first-order valence-electron chi connectivity index (χ1n) is 18.4. The van der Waals surface area contributed by atoms with E-state index >= 15 is 0 Å². The molecule has 10 nitrogen and oxygen atoms in total. The van der Waals surface area contributed by atoms with Crippen molar-refractivity contribution in [2.45, 2.75) is 82.5 Å². The van der Waals surface area contributed by atoms with Crippen LogP contribution in [-0.4, -0.2) is 74.1 Å². The molecule has 51 heavy (non-hydrogen) atoms. The first kappa shape index (κ1) is 36.2. The average molecular weight is 739 g/mol. The number of anilines is 1. The summed E-state index contributed by atoms with van der Waals surface area (Å²) in [5.41, 5.74) is 3.42. The molecule has 2 aromatic carbocycles. The van der Waals surface area contributed by atoms with E-state index in [9.17, 15) is 13.8 Å². The summed E-state index contributed by atoms with van der Waals surface area (Å²) in [6, 6.07) is 10.9. The number of aryl methyl sites for hydroxylation is 1. The number of nitrogens with zero attached hydrogens (tertiary/aromatic N) is 2. The van der Waals surface area contributed by atoms with Crippen LogP contribution in [0.2, 0.25) is 5.02 Å². The molecule has 2 fully saturated rings. The zero-order valence-electron chi connectivity index (χ0n) is 30.1. The van der Waals surface area contributed by atoms with Crippen LogP contribution in [0.25, 0.3) is 0 Å². The summed E-state index contributed by atoms with van der Waals surface area (Å²) in [5.74, 6) is 0.895. The van der Waals surface area contributed by atoms with Gasteiger partial charge in [-0.2, -0.15) is 0 Å². The Bertz CT molecular complexity index is 1810. The second-order valence-electron chi connectivity index (χ2n) is 15.5. The molecule has 2 N–H and O–H groups in total. The minimum Gasteiger partial charge on any atom is -0.490 e. The molecule has 2 aliphatic heterocycles. The Hall–Kier alpha value is -3.12. The number of hydrogen-bond donors (Lipinski definition) is 2. The fraction of sp³-hybridized carbons (Fsp3) is 0.590. The van der Waals surface area contributed by atoms with Gasteiger partial charge < -0.3 is 24.4 Å². The highest BCUT2D eigenvalue weighted by molar-refractivity contribution is 7.92. The molecule has 5 aliphatic rings. The number of methoxy groups -OCH3 is 2. The molecule has 1 spiro atoms. The van der Waals surface area contributed by atoms with E-state index in [2.05, 4.69) is 43.6 Å². The van der Waals surface area contributed by atoms with Crippen molar-refractivity contribution in [1.29, 1.82) is 0 Å². The Morgan fingerprint density at radius 2 is 2.04 bits per heavy atom. The lowest BCUT2D eigenvalue weighted by molar-refractivity contribution is 0.0131. The fourth-order valence-electron chi connectivity index (χ4n) is 8.78. The van der Waals surface area contributed by atoms with Crippen LogP contribution in [0.15, 0.2) is 52.9 Å². The Morgan fingerprint density at radius 3 is 2.80 bits per heavy atom. The lowest BCUT2D eigenvalue weighted by Gasteiger charge is -2.46. The number of fused-ring (bicyclic) bond motifs is 4. The summed E-state index contributed by atoms with van der Waals surface area (Å²) in [4.78, 5) is 29.5. The number of hydrogen-bond acceptors (Lipinski definition) is 7. The number of carbonyl (C=O) groups is 2. The number of allylic oxidation sites excluding steroid dienone is 1. The maximum Gasteiger partial charge on any atom is 0.327 e. The zero-order valence-corrected chi connectivity index (χ0v) is 31.6. The molecular formula is C39H51ClN4O6S. The highest BCUT2D eigenvalue weighted by Gasteiger charge is 2.45. The van der Waals surface area contributed by atoms with Crippen LogP contribution in [-0.2, 0) is 31.2 Å². The molecule has 2 aromatic rings. The van der Waals surface area contributed by atoms with Crippen LogP contribution in [0.5, 0.6) is 5.75 Å². The number of benzene rings is 2. The molecule has 3 amide bonds. The van der Waals surface area contributed by atoms with Crippen LogP contribution in [0, 0.1) is 23.7 Å². The smallest absolute Gasteiger partial charge is 0.327 e. The lowest BCUT2D eigenvalue weighted by atomic mass is 9.68. The second kappa shape index (κ2) is 14.7. The number of nitrogens with one attached hydrogen (secondary N) is 2. The maximum atomic E-state index is 14.5. The van der Waals surface area contributed by atoms with Crippen molar-refractivity contribution in [2.24, 2.45) is 28.0 Å². The van der Waals surface area contributed by atoms with Gasteiger partial charge in [-0.3, -0.25) is 9.52 Å². The first-order chi connectivity index (χ1) is 24.5. The van der Waals surface area contributed by atoms with Gasteiger partial charge >= 0.3 is 6.03 Å². The SMILES string of the molecule is COC(C)C1C[C@H]1NC(=O)N[S@@]1(=O)=NC(=O)c2ccc3c(c2)N(C[C@@H]2CC[C@H]2[C@@H](OC)/C=C/C[C@H](C)C1)C[C@@]1(CCCc2cc(Cl)ccc21)CO3. The number of amides is 3. The average Bonchev–Trinajstić information content (AvgIpc) is 3.87. The predicted molar refractivity (Wildman–Crippen MR) is 200 cm³/mol. The van der Waals surface area contributed by atoms with Crippen LogP contribution in [0.1, 0.15) is 73.9 Å². The molecule has 3 aliphatic carbocycles. The number of ether oxygens (including phenoxy) is 3. The van der Waals surface area contributed by atoms with Gasteiger partial charge in [-0.1, -0.05) is 36.7 Å². The molecule has 0 radical (unpaired) electrons. The van der Waals surface area contributed by atoms with Gasteiger partial charge in [-0.05, 0) is 111 Å². The van der Waals surface area contributed by atoms with Crippen molar-refractivity contribution in [3.63, 3.8) is 0 Å². The Kier molecular flexibility index (Phi) is 10.5. The Labute approximate surface area is 307 Å². The fourth-order valence-corrected chi connectivity index (χ4v) is 10.8. The summed E-state index contributed by atoms with van der Waals surface area (Å²) in [6.45, 7) is 5.94. The number of urea groups is 1. The Morgan fingerprint density at radius 1 is 1.20 bits per heavy atom. The zero-order chi connectivity index (χ0) is 35.9. The van der Waals surface area contributed by atoms with Gasteiger partial charge in [0.1, 0.15) is 15.7 Å². The predicted octanol–water partition coefficient (Wildman–Crippen LogP) is 6.70. The first-order valence-corrected chi connectivity index (χ1v) is 20.5. The molecule has 276 valence electrons. The molecule has 9 atom stereocenters. The molecule has 0 saturated heterocycles. The van der Waals surface area contributed by atoms with E-state index in [0.717, 1.165) is 62.3 Å². The van der Waals surface area contributed by atoms with E-state index in [4.69, 9.17) is 25.8 Å². The number of rotatable bonds is 5. The van der Waals surface area contributed by atoms with Gasteiger partial charge in [0.25, 0.3) is 5.91 Å². The van der Waals surface area contributed by atoms with E-state index in [0.29, 0.717) is 36.2 Å². The topological polar surface area (TPSA) is 119 Å². The molecule has 2 bridgehead atoms. The molecular weight excluding hydrogens is 688 g/mol. The highest BCUT2D eigenvalue weighted by Crippen LogP contribution is 2.47. The van der Waals surface area contributed by atoms with Crippen molar-refractivity contribution < 1.29 is 28.0 Å². The molecule has 0 aromatic heterocycles. The van der Waals surface area contributed by atoms with Crippen molar-refractivity contribution in [1.82, 2.24) is 10.0 Å². The maximum absolute atomic E-state index is 14.5. The minimum absolute atomic E-state index is 0.00583. The molecule has 2 unspecified atom stereocenters.